The highest BCUT2D eigenvalue weighted by Crippen LogP contribution is 2.27. The highest BCUT2D eigenvalue weighted by molar-refractivity contribution is 7.89. The molecule has 1 atom stereocenters. The number of carbonyl (C=O) groups excluding carboxylic acids is 2. The quantitative estimate of drug-likeness (QED) is 0.453. The molecule has 0 heterocycles. The van der Waals surface area contributed by atoms with Crippen molar-refractivity contribution in [3.05, 3.63) is 63.6 Å². The summed E-state index contributed by atoms with van der Waals surface area (Å²) in [5.74, 6) is -0.628. The Bertz CT molecular complexity index is 1120. The van der Waals surface area contributed by atoms with Gasteiger partial charge in [-0.05, 0) is 43.5 Å². The first-order chi connectivity index (χ1) is 16.4. The highest BCUT2D eigenvalue weighted by atomic mass is 35.5. The molecule has 0 bridgehead atoms. The molecule has 0 radical (unpaired) electrons. The van der Waals surface area contributed by atoms with E-state index >= 15 is 0 Å². The monoisotopic (exact) mass is 541 g/mol. The van der Waals surface area contributed by atoms with E-state index in [1.807, 2.05) is 20.8 Å². The molecular formula is C25H33Cl2N3O4S. The van der Waals surface area contributed by atoms with Crippen LogP contribution in [0.4, 0.5) is 0 Å². The number of sulfonamides is 1. The second-order valence-electron chi connectivity index (χ2n) is 8.86. The van der Waals surface area contributed by atoms with Crippen molar-refractivity contribution in [2.75, 3.05) is 20.1 Å². The minimum Gasteiger partial charge on any atom is -0.354 e. The SMILES string of the molecule is CC[C@@H](C(=O)NCC(C)C)N(Cc1c(Cl)cccc1Cl)C(=O)CN(C)S(=O)(=O)c1ccc(C)cc1. The van der Waals surface area contributed by atoms with Gasteiger partial charge in [-0.25, -0.2) is 8.42 Å². The number of nitrogens with one attached hydrogen (secondary N) is 1. The molecule has 7 nitrogen and oxygen atoms in total. The first-order valence-electron chi connectivity index (χ1n) is 11.4. The number of rotatable bonds is 11. The van der Waals surface area contributed by atoms with E-state index in [4.69, 9.17) is 23.2 Å². The van der Waals surface area contributed by atoms with Crippen LogP contribution in [0.5, 0.6) is 0 Å². The average molecular weight is 543 g/mol. The maximum Gasteiger partial charge on any atom is 0.243 e. The zero-order valence-electron chi connectivity index (χ0n) is 20.7. The lowest BCUT2D eigenvalue weighted by Crippen LogP contribution is -2.52. The number of hydrogen-bond acceptors (Lipinski definition) is 4. The number of nitrogens with zero attached hydrogens (tertiary/aromatic N) is 2. The van der Waals surface area contributed by atoms with Gasteiger partial charge in [-0.15, -0.1) is 0 Å². The number of aryl methyl sites for hydroxylation is 1. The summed E-state index contributed by atoms with van der Waals surface area (Å²) >= 11 is 12.7. The summed E-state index contributed by atoms with van der Waals surface area (Å²) in [5, 5.41) is 3.58. The van der Waals surface area contributed by atoms with Gasteiger partial charge in [0, 0.05) is 35.7 Å². The van der Waals surface area contributed by atoms with Gasteiger partial charge < -0.3 is 10.2 Å². The molecule has 0 aliphatic carbocycles. The smallest absolute Gasteiger partial charge is 0.243 e. The molecule has 0 aliphatic rings. The minimum absolute atomic E-state index is 0.0383. The topological polar surface area (TPSA) is 86.8 Å². The molecule has 2 aromatic carbocycles. The summed E-state index contributed by atoms with van der Waals surface area (Å²) in [5.41, 5.74) is 1.41. The Kier molecular flexibility index (Phi) is 10.6. The number of halogens is 2. The van der Waals surface area contributed by atoms with Gasteiger partial charge in [-0.2, -0.15) is 4.31 Å². The Labute approximate surface area is 218 Å². The van der Waals surface area contributed by atoms with Gasteiger partial charge in [0.15, 0.2) is 0 Å². The number of benzene rings is 2. The lowest BCUT2D eigenvalue weighted by molar-refractivity contribution is -0.141. The van der Waals surface area contributed by atoms with Crippen LogP contribution in [0.1, 0.15) is 38.3 Å². The molecule has 2 rings (SSSR count). The van der Waals surface area contributed by atoms with E-state index in [-0.39, 0.29) is 23.3 Å². The first-order valence-corrected chi connectivity index (χ1v) is 13.6. The molecule has 0 saturated heterocycles. The van der Waals surface area contributed by atoms with Crippen molar-refractivity contribution in [1.82, 2.24) is 14.5 Å². The van der Waals surface area contributed by atoms with E-state index in [2.05, 4.69) is 5.32 Å². The van der Waals surface area contributed by atoms with Crippen molar-refractivity contribution in [2.45, 2.75) is 51.6 Å². The second kappa shape index (κ2) is 12.7. The molecule has 0 fully saturated rings. The predicted octanol–water partition coefficient (Wildman–Crippen LogP) is 4.50. The van der Waals surface area contributed by atoms with E-state index in [0.717, 1.165) is 9.87 Å². The molecule has 0 aromatic heterocycles. The van der Waals surface area contributed by atoms with Crippen molar-refractivity contribution < 1.29 is 18.0 Å². The van der Waals surface area contributed by atoms with Gasteiger partial charge in [-0.3, -0.25) is 9.59 Å². The molecule has 0 saturated carbocycles. The average Bonchev–Trinajstić information content (AvgIpc) is 2.79. The largest absolute Gasteiger partial charge is 0.354 e. The van der Waals surface area contributed by atoms with Crippen LogP contribution in [0.15, 0.2) is 47.4 Å². The molecule has 2 aromatic rings. The molecule has 1 N–H and O–H groups in total. The molecule has 2 amide bonds. The molecular weight excluding hydrogens is 509 g/mol. The van der Waals surface area contributed by atoms with Crippen LogP contribution in [0, 0.1) is 12.8 Å². The van der Waals surface area contributed by atoms with Gasteiger partial charge in [0.1, 0.15) is 6.04 Å². The maximum absolute atomic E-state index is 13.5. The minimum atomic E-state index is -3.91. The Morgan fingerprint density at radius 1 is 1.03 bits per heavy atom. The van der Waals surface area contributed by atoms with E-state index in [1.165, 1.54) is 24.1 Å². The summed E-state index contributed by atoms with van der Waals surface area (Å²) in [6.45, 7) is 7.55. The second-order valence-corrected chi connectivity index (χ2v) is 11.7. The van der Waals surface area contributed by atoms with Crippen LogP contribution < -0.4 is 5.32 Å². The van der Waals surface area contributed by atoms with Crippen LogP contribution >= 0.6 is 23.2 Å². The zero-order valence-corrected chi connectivity index (χ0v) is 23.0. The Morgan fingerprint density at radius 3 is 2.11 bits per heavy atom. The van der Waals surface area contributed by atoms with E-state index < -0.39 is 28.5 Å². The number of amides is 2. The van der Waals surface area contributed by atoms with Gasteiger partial charge in [0.05, 0.1) is 11.4 Å². The third-order valence-electron chi connectivity index (χ3n) is 5.55. The van der Waals surface area contributed by atoms with Crippen molar-refractivity contribution in [3.63, 3.8) is 0 Å². The van der Waals surface area contributed by atoms with Crippen LogP contribution in [0.2, 0.25) is 10.0 Å². The molecule has 0 unspecified atom stereocenters. The summed E-state index contributed by atoms with van der Waals surface area (Å²) in [6.07, 6.45) is 0.326. The molecule has 0 aliphatic heterocycles. The number of hydrogen-bond donors (Lipinski definition) is 1. The fourth-order valence-corrected chi connectivity index (χ4v) is 5.09. The molecule has 192 valence electrons. The Morgan fingerprint density at radius 2 is 1.60 bits per heavy atom. The van der Waals surface area contributed by atoms with Crippen molar-refractivity contribution >= 4 is 45.0 Å². The Balaban J connectivity index is 2.37. The third-order valence-corrected chi connectivity index (χ3v) is 8.07. The van der Waals surface area contributed by atoms with Gasteiger partial charge in [0.25, 0.3) is 0 Å². The van der Waals surface area contributed by atoms with E-state index in [0.29, 0.717) is 28.6 Å². The van der Waals surface area contributed by atoms with Gasteiger partial charge >= 0.3 is 0 Å². The summed E-state index contributed by atoms with van der Waals surface area (Å²) in [7, 11) is -2.57. The fraction of sp³-hybridized carbons (Fsp3) is 0.440. The highest BCUT2D eigenvalue weighted by Gasteiger charge is 2.32. The lowest BCUT2D eigenvalue weighted by atomic mass is 10.1. The van der Waals surface area contributed by atoms with Gasteiger partial charge in [-0.1, -0.05) is 67.7 Å². The lowest BCUT2D eigenvalue weighted by Gasteiger charge is -2.32. The summed E-state index contributed by atoms with van der Waals surface area (Å²) in [6, 6.07) is 10.6. The third kappa shape index (κ3) is 7.67. The van der Waals surface area contributed by atoms with Crippen molar-refractivity contribution in [2.24, 2.45) is 5.92 Å². The maximum atomic E-state index is 13.5. The molecule has 10 heteroatoms. The van der Waals surface area contributed by atoms with Crippen LogP contribution in [-0.2, 0) is 26.2 Å². The summed E-state index contributed by atoms with van der Waals surface area (Å²) in [4.78, 5) is 28.0. The fourth-order valence-electron chi connectivity index (χ4n) is 3.45. The zero-order chi connectivity index (χ0) is 26.3. The predicted molar refractivity (Wildman–Crippen MR) is 140 cm³/mol. The van der Waals surface area contributed by atoms with Crippen LogP contribution in [0.25, 0.3) is 0 Å². The molecule has 35 heavy (non-hydrogen) atoms. The standard InChI is InChI=1S/C25H33Cl2N3O4S/c1-6-23(25(32)28-14-17(2)3)30(15-20-21(26)8-7-9-22(20)27)24(31)16-29(5)35(33,34)19-12-10-18(4)11-13-19/h7-13,17,23H,6,14-16H2,1-5H3,(H,28,32)/t23-/m0/s1. The number of carbonyl (C=O) groups is 2. The van der Waals surface area contributed by atoms with Gasteiger partial charge in [0.2, 0.25) is 21.8 Å². The van der Waals surface area contributed by atoms with E-state index in [1.54, 1.807) is 37.3 Å². The van der Waals surface area contributed by atoms with Crippen molar-refractivity contribution in [3.8, 4) is 0 Å². The number of likely N-dealkylation sites (N-methyl/N-ethyl adjacent to an activating group) is 1. The van der Waals surface area contributed by atoms with Crippen LogP contribution in [0.3, 0.4) is 0 Å². The summed E-state index contributed by atoms with van der Waals surface area (Å²) < 4.78 is 27.1. The van der Waals surface area contributed by atoms with E-state index in [9.17, 15) is 18.0 Å². The first kappa shape index (κ1) is 29.1. The van der Waals surface area contributed by atoms with Crippen molar-refractivity contribution in [1.29, 1.82) is 0 Å². The molecule has 0 spiro atoms. The van der Waals surface area contributed by atoms with Crippen LogP contribution in [-0.4, -0.2) is 55.6 Å². The normalized spacial score (nSPS) is 12.6. The Hall–Kier alpha value is -2.13.